The molecule has 0 fully saturated rings. The van der Waals surface area contributed by atoms with Crippen molar-refractivity contribution >= 4 is 0 Å². The van der Waals surface area contributed by atoms with Gasteiger partial charge in [-0.05, 0) is 6.42 Å². The predicted molar refractivity (Wildman–Crippen MR) is 41.7 cm³/mol. The van der Waals surface area contributed by atoms with E-state index >= 15 is 0 Å². The van der Waals surface area contributed by atoms with Gasteiger partial charge in [0, 0.05) is 0 Å². The first-order chi connectivity index (χ1) is 4.81. The topological polar surface area (TPSA) is 40.5 Å². The molecule has 0 rings (SSSR count). The molecule has 10 heavy (non-hydrogen) atoms. The number of allylic oxidation sites excluding steroid dienone is 1. The van der Waals surface area contributed by atoms with Gasteiger partial charge in [-0.15, -0.1) is 0 Å². The molecule has 0 heterocycles. The first-order valence-corrected chi connectivity index (χ1v) is 3.43. The molecule has 0 aliphatic rings. The fraction of sp³-hybridized carbons (Fsp3) is 0.500. The third-order valence-corrected chi connectivity index (χ3v) is 1.01. The van der Waals surface area contributed by atoms with Crippen LogP contribution in [0.3, 0.4) is 0 Å². The van der Waals surface area contributed by atoms with E-state index in [1.807, 2.05) is 13.0 Å². The van der Waals surface area contributed by atoms with Crippen molar-refractivity contribution in [2.75, 3.05) is 6.61 Å². The summed E-state index contributed by atoms with van der Waals surface area (Å²) in [6, 6.07) is 0. The van der Waals surface area contributed by atoms with E-state index in [-0.39, 0.29) is 6.61 Å². The van der Waals surface area contributed by atoms with Crippen molar-refractivity contribution in [2.45, 2.75) is 19.4 Å². The van der Waals surface area contributed by atoms with E-state index in [2.05, 4.69) is 0 Å². The lowest BCUT2D eigenvalue weighted by Crippen LogP contribution is -1.95. The van der Waals surface area contributed by atoms with Gasteiger partial charge in [0.2, 0.25) is 0 Å². The second-order valence-electron chi connectivity index (χ2n) is 1.94. The van der Waals surface area contributed by atoms with Crippen molar-refractivity contribution in [2.24, 2.45) is 0 Å². The minimum absolute atomic E-state index is 0.0168. The molecular formula is C8H14O2. The molecule has 2 nitrogen and oxygen atoms in total. The van der Waals surface area contributed by atoms with Gasteiger partial charge < -0.3 is 10.2 Å². The van der Waals surface area contributed by atoms with Gasteiger partial charge in [-0.25, -0.2) is 0 Å². The molecular weight excluding hydrogens is 128 g/mol. The van der Waals surface area contributed by atoms with Gasteiger partial charge in [0.25, 0.3) is 0 Å². The smallest absolute Gasteiger partial charge is 0.0903 e. The van der Waals surface area contributed by atoms with Crippen LogP contribution in [0, 0.1) is 0 Å². The lowest BCUT2D eigenvalue weighted by Gasteiger charge is -1.94. The van der Waals surface area contributed by atoms with Gasteiger partial charge in [0.1, 0.15) is 0 Å². The molecule has 0 aromatic rings. The highest BCUT2D eigenvalue weighted by Gasteiger charge is 1.87. The maximum Gasteiger partial charge on any atom is 0.0903 e. The van der Waals surface area contributed by atoms with E-state index in [0.29, 0.717) is 0 Å². The predicted octanol–water partition coefficient (Wildman–Crippen LogP) is 0.862. The van der Waals surface area contributed by atoms with E-state index in [0.717, 1.165) is 6.42 Å². The van der Waals surface area contributed by atoms with E-state index in [9.17, 15) is 0 Å². The summed E-state index contributed by atoms with van der Waals surface area (Å²) in [5.41, 5.74) is 0. The molecule has 1 atom stereocenters. The molecule has 0 saturated carbocycles. The Kier molecular flexibility index (Phi) is 6.13. The zero-order valence-corrected chi connectivity index (χ0v) is 6.20. The summed E-state index contributed by atoms with van der Waals surface area (Å²) in [4.78, 5) is 0. The third-order valence-electron chi connectivity index (χ3n) is 1.01. The minimum atomic E-state index is -0.549. The van der Waals surface area contributed by atoms with E-state index < -0.39 is 6.10 Å². The summed E-state index contributed by atoms with van der Waals surface area (Å²) in [7, 11) is 0. The molecule has 0 aromatic carbocycles. The second kappa shape index (κ2) is 6.52. The summed E-state index contributed by atoms with van der Waals surface area (Å²) in [6.07, 6.45) is 7.01. The number of aliphatic hydroxyl groups is 2. The minimum Gasteiger partial charge on any atom is -0.392 e. The fourth-order valence-corrected chi connectivity index (χ4v) is 0.540. The van der Waals surface area contributed by atoms with Crippen molar-refractivity contribution in [1.29, 1.82) is 0 Å². The zero-order valence-electron chi connectivity index (χ0n) is 6.20. The van der Waals surface area contributed by atoms with Gasteiger partial charge in [-0.3, -0.25) is 0 Å². The quantitative estimate of drug-likeness (QED) is 0.571. The number of rotatable bonds is 4. The molecule has 0 spiro atoms. The molecule has 58 valence electrons. The molecule has 0 aliphatic carbocycles. The average Bonchev–Trinajstić information content (AvgIpc) is 1.97. The maximum atomic E-state index is 9.03. The number of hydrogen-bond donors (Lipinski definition) is 2. The van der Waals surface area contributed by atoms with Crippen LogP contribution in [0.1, 0.15) is 13.3 Å². The Morgan fingerprint density at radius 1 is 1.30 bits per heavy atom. The van der Waals surface area contributed by atoms with Crippen molar-refractivity contribution < 1.29 is 10.2 Å². The van der Waals surface area contributed by atoms with Crippen molar-refractivity contribution in [3.05, 3.63) is 24.3 Å². The molecule has 0 bridgehead atoms. The van der Waals surface area contributed by atoms with Crippen LogP contribution in [0.2, 0.25) is 0 Å². The largest absolute Gasteiger partial charge is 0.392 e. The van der Waals surface area contributed by atoms with Crippen LogP contribution in [-0.4, -0.2) is 22.9 Å². The third kappa shape index (κ3) is 5.54. The Morgan fingerprint density at radius 3 is 2.40 bits per heavy atom. The SMILES string of the molecule is CCC=CC(O)C=CCO. The Morgan fingerprint density at radius 2 is 1.90 bits per heavy atom. The van der Waals surface area contributed by atoms with E-state index in [4.69, 9.17) is 10.2 Å². The number of aliphatic hydroxyl groups excluding tert-OH is 2. The highest BCUT2D eigenvalue weighted by Crippen LogP contribution is 1.89. The van der Waals surface area contributed by atoms with Gasteiger partial charge in [-0.1, -0.05) is 31.2 Å². The Bertz CT molecular complexity index is 102. The highest BCUT2D eigenvalue weighted by atomic mass is 16.3. The Hall–Kier alpha value is -0.600. The van der Waals surface area contributed by atoms with Crippen LogP contribution < -0.4 is 0 Å². The van der Waals surface area contributed by atoms with Crippen molar-refractivity contribution in [3.8, 4) is 0 Å². The van der Waals surface area contributed by atoms with Crippen LogP contribution in [0.5, 0.6) is 0 Å². The number of hydrogen-bond acceptors (Lipinski definition) is 2. The zero-order chi connectivity index (χ0) is 7.82. The molecule has 1 unspecified atom stereocenters. The van der Waals surface area contributed by atoms with Crippen LogP contribution in [0.15, 0.2) is 24.3 Å². The van der Waals surface area contributed by atoms with Crippen molar-refractivity contribution in [3.63, 3.8) is 0 Å². The molecule has 0 saturated heterocycles. The summed E-state index contributed by atoms with van der Waals surface area (Å²) in [5, 5.41) is 17.3. The maximum absolute atomic E-state index is 9.03. The van der Waals surface area contributed by atoms with Crippen LogP contribution >= 0.6 is 0 Å². The average molecular weight is 142 g/mol. The lowest BCUT2D eigenvalue weighted by atomic mass is 10.3. The molecule has 2 N–H and O–H groups in total. The van der Waals surface area contributed by atoms with Crippen LogP contribution in [0.25, 0.3) is 0 Å². The van der Waals surface area contributed by atoms with Crippen LogP contribution in [-0.2, 0) is 0 Å². The standard InChI is InChI=1S/C8H14O2/c1-2-3-5-8(10)6-4-7-9/h3-6,8-10H,2,7H2,1H3. The molecule has 0 aliphatic heterocycles. The van der Waals surface area contributed by atoms with Gasteiger partial charge in [-0.2, -0.15) is 0 Å². The summed E-state index contributed by atoms with van der Waals surface area (Å²) in [6.45, 7) is 1.98. The monoisotopic (exact) mass is 142 g/mol. The Labute approximate surface area is 61.5 Å². The van der Waals surface area contributed by atoms with Gasteiger partial charge in [0.15, 0.2) is 0 Å². The van der Waals surface area contributed by atoms with Gasteiger partial charge in [0.05, 0.1) is 12.7 Å². The van der Waals surface area contributed by atoms with Crippen LogP contribution in [0.4, 0.5) is 0 Å². The van der Waals surface area contributed by atoms with E-state index in [1.54, 1.807) is 12.2 Å². The van der Waals surface area contributed by atoms with E-state index in [1.165, 1.54) is 6.08 Å². The first-order valence-electron chi connectivity index (χ1n) is 3.43. The normalized spacial score (nSPS) is 15.1. The summed E-state index contributed by atoms with van der Waals surface area (Å²) < 4.78 is 0. The lowest BCUT2D eigenvalue weighted by molar-refractivity contribution is 0.268. The first kappa shape index (κ1) is 9.40. The molecule has 0 amide bonds. The molecule has 2 heteroatoms. The van der Waals surface area contributed by atoms with Gasteiger partial charge >= 0.3 is 0 Å². The summed E-state index contributed by atoms with van der Waals surface area (Å²) in [5.74, 6) is 0. The molecule has 0 radical (unpaired) electrons. The fourth-order valence-electron chi connectivity index (χ4n) is 0.540. The Balaban J connectivity index is 3.52. The highest BCUT2D eigenvalue weighted by molar-refractivity contribution is 5.00. The summed E-state index contributed by atoms with van der Waals surface area (Å²) >= 11 is 0. The molecule has 0 aromatic heterocycles. The second-order valence-corrected chi connectivity index (χ2v) is 1.94. The van der Waals surface area contributed by atoms with Crippen molar-refractivity contribution in [1.82, 2.24) is 0 Å².